The van der Waals surface area contributed by atoms with Crippen LogP contribution in [0.4, 0.5) is 0 Å². The van der Waals surface area contributed by atoms with Crippen LogP contribution in [-0.4, -0.2) is 23.5 Å². The zero-order chi connectivity index (χ0) is 13.3. The van der Waals surface area contributed by atoms with Gasteiger partial charge in [0.05, 0.1) is 10.4 Å². The molecule has 0 spiro atoms. The van der Waals surface area contributed by atoms with E-state index in [0.717, 1.165) is 3.57 Å². The number of carbonyl (C=O) groups is 2. The summed E-state index contributed by atoms with van der Waals surface area (Å²) in [5.41, 5.74) is -0.301. The zero-order valence-electron chi connectivity index (χ0n) is 9.37. The van der Waals surface area contributed by atoms with E-state index in [9.17, 15) is 9.59 Å². The summed E-state index contributed by atoms with van der Waals surface area (Å²) in [7, 11) is 0. The SMILES string of the molecule is O=C(NCC1(C(=O)O)CC1)c1ccc(I)c(Cl)c1. The van der Waals surface area contributed by atoms with Crippen molar-refractivity contribution in [3.63, 3.8) is 0 Å². The Hall–Kier alpha value is -0.820. The Balaban J connectivity index is 2.00. The number of amides is 1. The lowest BCUT2D eigenvalue weighted by Gasteiger charge is -2.11. The Morgan fingerprint density at radius 2 is 2.11 bits per heavy atom. The van der Waals surface area contributed by atoms with E-state index in [1.54, 1.807) is 18.2 Å². The average Bonchev–Trinajstić information content (AvgIpc) is 3.11. The molecule has 18 heavy (non-hydrogen) atoms. The van der Waals surface area contributed by atoms with Gasteiger partial charge >= 0.3 is 5.97 Å². The summed E-state index contributed by atoms with van der Waals surface area (Å²) < 4.78 is 0.870. The molecule has 4 nitrogen and oxygen atoms in total. The van der Waals surface area contributed by atoms with Crippen molar-refractivity contribution < 1.29 is 14.7 Å². The number of aliphatic carboxylic acids is 1. The van der Waals surface area contributed by atoms with Crippen LogP contribution >= 0.6 is 34.2 Å². The number of benzene rings is 1. The minimum absolute atomic E-state index is 0.171. The maximum atomic E-state index is 11.8. The van der Waals surface area contributed by atoms with Crippen LogP contribution in [0.5, 0.6) is 0 Å². The van der Waals surface area contributed by atoms with Crippen LogP contribution in [0, 0.1) is 8.99 Å². The van der Waals surface area contributed by atoms with Gasteiger partial charge in [-0.3, -0.25) is 9.59 Å². The predicted molar refractivity (Wildman–Crippen MR) is 75.8 cm³/mol. The second-order valence-electron chi connectivity index (χ2n) is 4.40. The molecule has 0 heterocycles. The van der Waals surface area contributed by atoms with E-state index in [0.29, 0.717) is 23.4 Å². The van der Waals surface area contributed by atoms with E-state index in [-0.39, 0.29) is 12.5 Å². The molecule has 1 aliphatic carbocycles. The highest BCUT2D eigenvalue weighted by molar-refractivity contribution is 14.1. The van der Waals surface area contributed by atoms with Crippen LogP contribution in [0.2, 0.25) is 5.02 Å². The first-order valence-electron chi connectivity index (χ1n) is 5.41. The van der Waals surface area contributed by atoms with Gasteiger partial charge in [-0.05, 0) is 53.6 Å². The van der Waals surface area contributed by atoms with Crippen LogP contribution in [-0.2, 0) is 4.79 Å². The monoisotopic (exact) mass is 379 g/mol. The van der Waals surface area contributed by atoms with E-state index >= 15 is 0 Å². The molecule has 0 saturated heterocycles. The Morgan fingerprint density at radius 3 is 2.61 bits per heavy atom. The summed E-state index contributed by atoms with van der Waals surface area (Å²) in [6, 6.07) is 5.00. The fraction of sp³-hybridized carbons (Fsp3) is 0.333. The third-order valence-corrected chi connectivity index (χ3v) is 4.65. The van der Waals surface area contributed by atoms with Gasteiger partial charge in [0.25, 0.3) is 5.91 Å². The fourth-order valence-electron chi connectivity index (χ4n) is 1.61. The Kier molecular flexibility index (Phi) is 3.82. The zero-order valence-corrected chi connectivity index (χ0v) is 12.3. The minimum atomic E-state index is -0.844. The average molecular weight is 380 g/mol. The topological polar surface area (TPSA) is 66.4 Å². The molecule has 1 amide bonds. The normalized spacial score (nSPS) is 16.1. The Morgan fingerprint density at radius 1 is 1.44 bits per heavy atom. The standard InChI is InChI=1S/C12H11ClINO3/c13-8-5-7(1-2-9(8)14)10(16)15-6-12(3-4-12)11(17)18/h1-2,5H,3-4,6H2,(H,15,16)(H,17,18). The molecule has 2 rings (SSSR count). The van der Waals surface area contributed by atoms with Gasteiger partial charge in [0.15, 0.2) is 0 Å². The highest BCUT2D eigenvalue weighted by Crippen LogP contribution is 2.45. The molecule has 0 aromatic heterocycles. The molecule has 1 aromatic rings. The number of nitrogens with one attached hydrogen (secondary N) is 1. The number of carboxylic acid groups (broad SMARTS) is 1. The third kappa shape index (κ3) is 2.77. The Bertz CT molecular complexity index is 514. The van der Waals surface area contributed by atoms with Crippen molar-refractivity contribution in [3.05, 3.63) is 32.4 Å². The maximum Gasteiger partial charge on any atom is 0.311 e. The van der Waals surface area contributed by atoms with Gasteiger partial charge in [0.2, 0.25) is 0 Å². The Labute approximate surface area is 123 Å². The number of halogens is 2. The van der Waals surface area contributed by atoms with Crippen molar-refractivity contribution in [3.8, 4) is 0 Å². The molecule has 0 aliphatic heterocycles. The van der Waals surface area contributed by atoms with Gasteiger partial charge in [-0.2, -0.15) is 0 Å². The van der Waals surface area contributed by atoms with Crippen LogP contribution in [0.1, 0.15) is 23.2 Å². The smallest absolute Gasteiger partial charge is 0.311 e. The van der Waals surface area contributed by atoms with Crippen LogP contribution < -0.4 is 5.32 Å². The summed E-state index contributed by atoms with van der Waals surface area (Å²) in [4.78, 5) is 22.8. The molecule has 0 bridgehead atoms. The molecule has 0 unspecified atom stereocenters. The summed E-state index contributed by atoms with van der Waals surface area (Å²) in [5, 5.41) is 12.2. The number of hydrogen-bond acceptors (Lipinski definition) is 2. The van der Waals surface area contributed by atoms with Crippen LogP contribution in [0.25, 0.3) is 0 Å². The van der Waals surface area contributed by atoms with Crippen molar-refractivity contribution in [1.82, 2.24) is 5.32 Å². The second kappa shape index (κ2) is 5.05. The summed E-state index contributed by atoms with van der Waals surface area (Å²) in [6.45, 7) is 0.171. The van der Waals surface area contributed by atoms with Gasteiger partial charge in [0.1, 0.15) is 0 Å². The maximum absolute atomic E-state index is 11.8. The molecule has 1 fully saturated rings. The second-order valence-corrected chi connectivity index (χ2v) is 5.97. The van der Waals surface area contributed by atoms with Gasteiger partial charge in [-0.1, -0.05) is 11.6 Å². The number of carbonyl (C=O) groups excluding carboxylic acids is 1. The summed E-state index contributed by atoms with van der Waals surface area (Å²) >= 11 is 8.01. The van der Waals surface area contributed by atoms with E-state index in [1.807, 2.05) is 0 Å². The quantitative estimate of drug-likeness (QED) is 0.790. The fourth-order valence-corrected chi connectivity index (χ4v) is 2.12. The van der Waals surface area contributed by atoms with E-state index in [2.05, 4.69) is 27.9 Å². The van der Waals surface area contributed by atoms with Gasteiger partial charge in [-0.25, -0.2) is 0 Å². The van der Waals surface area contributed by atoms with Crippen LogP contribution in [0.3, 0.4) is 0 Å². The third-order valence-electron chi connectivity index (χ3n) is 3.08. The largest absolute Gasteiger partial charge is 0.481 e. The molecule has 0 radical (unpaired) electrons. The van der Waals surface area contributed by atoms with E-state index in [4.69, 9.17) is 16.7 Å². The molecular formula is C12H11ClINO3. The van der Waals surface area contributed by atoms with Gasteiger partial charge in [0, 0.05) is 15.7 Å². The first-order chi connectivity index (χ1) is 8.44. The highest BCUT2D eigenvalue weighted by Gasteiger charge is 2.50. The van der Waals surface area contributed by atoms with Crippen molar-refractivity contribution in [2.24, 2.45) is 5.41 Å². The molecule has 6 heteroatoms. The lowest BCUT2D eigenvalue weighted by atomic mass is 10.1. The minimum Gasteiger partial charge on any atom is -0.481 e. The lowest BCUT2D eigenvalue weighted by molar-refractivity contribution is -0.143. The lowest BCUT2D eigenvalue weighted by Crippen LogP contribution is -2.34. The van der Waals surface area contributed by atoms with Crippen molar-refractivity contribution in [1.29, 1.82) is 0 Å². The van der Waals surface area contributed by atoms with Crippen molar-refractivity contribution in [2.75, 3.05) is 6.54 Å². The molecule has 1 aromatic carbocycles. The van der Waals surface area contributed by atoms with E-state index in [1.165, 1.54) is 0 Å². The molecule has 0 atom stereocenters. The molecule has 1 saturated carbocycles. The van der Waals surface area contributed by atoms with Crippen LogP contribution in [0.15, 0.2) is 18.2 Å². The highest BCUT2D eigenvalue weighted by atomic mass is 127. The predicted octanol–water partition coefficient (Wildman–Crippen LogP) is 2.54. The number of rotatable bonds is 4. The summed E-state index contributed by atoms with van der Waals surface area (Å²) in [6.07, 6.45) is 1.24. The van der Waals surface area contributed by atoms with E-state index < -0.39 is 11.4 Å². The molecule has 2 N–H and O–H groups in total. The summed E-state index contributed by atoms with van der Waals surface area (Å²) in [5.74, 6) is -1.13. The van der Waals surface area contributed by atoms with Gasteiger partial charge < -0.3 is 10.4 Å². The van der Waals surface area contributed by atoms with Crippen molar-refractivity contribution in [2.45, 2.75) is 12.8 Å². The van der Waals surface area contributed by atoms with Crippen molar-refractivity contribution >= 4 is 46.1 Å². The molecule has 1 aliphatic rings. The molecule has 96 valence electrons. The molecular weight excluding hydrogens is 368 g/mol. The number of carboxylic acids is 1. The first-order valence-corrected chi connectivity index (χ1v) is 6.87. The van der Waals surface area contributed by atoms with Gasteiger partial charge in [-0.15, -0.1) is 0 Å². The first kappa shape index (κ1) is 13.6. The number of hydrogen-bond donors (Lipinski definition) is 2.